The third-order valence-electron chi connectivity index (χ3n) is 6.25. The number of nitrogens with one attached hydrogen (secondary N) is 2. The fourth-order valence-electron chi connectivity index (χ4n) is 4.51. The molecule has 0 unspecified atom stereocenters. The quantitative estimate of drug-likeness (QED) is 0.610. The van der Waals surface area contributed by atoms with Crippen molar-refractivity contribution in [1.29, 1.82) is 0 Å². The van der Waals surface area contributed by atoms with Crippen molar-refractivity contribution in [3.8, 4) is 0 Å². The van der Waals surface area contributed by atoms with Gasteiger partial charge in [0.1, 0.15) is 12.4 Å². The number of anilines is 1. The molecule has 1 aromatic heterocycles. The Morgan fingerprint density at radius 2 is 1.87 bits per heavy atom. The van der Waals surface area contributed by atoms with Gasteiger partial charge in [-0.1, -0.05) is 62.4 Å². The van der Waals surface area contributed by atoms with Crippen molar-refractivity contribution < 1.29 is 9.59 Å². The first-order chi connectivity index (χ1) is 15.2. The van der Waals surface area contributed by atoms with E-state index in [-0.39, 0.29) is 18.4 Å². The van der Waals surface area contributed by atoms with Crippen LogP contribution in [0.5, 0.6) is 0 Å². The molecule has 2 N–H and O–H groups in total. The Kier molecular flexibility index (Phi) is 7.67. The van der Waals surface area contributed by atoms with Gasteiger partial charge in [-0.2, -0.15) is 16.9 Å². The van der Waals surface area contributed by atoms with Crippen LogP contribution in [0, 0.1) is 5.92 Å². The second kappa shape index (κ2) is 10.8. The van der Waals surface area contributed by atoms with Gasteiger partial charge in [0.2, 0.25) is 11.8 Å². The second-order valence-corrected chi connectivity index (χ2v) is 9.59. The Morgan fingerprint density at radius 3 is 2.68 bits per heavy atom. The Labute approximate surface area is 188 Å². The van der Waals surface area contributed by atoms with Crippen LogP contribution in [0.15, 0.2) is 30.3 Å². The Balaban J connectivity index is 1.31. The monoisotopic (exact) mass is 440 g/mol. The molecule has 7 heteroatoms. The van der Waals surface area contributed by atoms with Gasteiger partial charge in [0.25, 0.3) is 0 Å². The number of rotatable bonds is 9. The lowest BCUT2D eigenvalue weighted by Crippen LogP contribution is -2.30. The van der Waals surface area contributed by atoms with E-state index in [1.54, 1.807) is 16.4 Å². The van der Waals surface area contributed by atoms with Crippen LogP contribution in [-0.2, 0) is 34.1 Å². The zero-order valence-corrected chi connectivity index (χ0v) is 18.9. The Morgan fingerprint density at radius 1 is 1.06 bits per heavy atom. The highest BCUT2D eigenvalue weighted by Gasteiger charge is 2.25. The van der Waals surface area contributed by atoms with E-state index in [1.165, 1.54) is 37.7 Å². The molecule has 2 amide bonds. The van der Waals surface area contributed by atoms with Crippen LogP contribution in [0.4, 0.5) is 5.82 Å². The SMILES string of the molecule is O=C(Cn1nc2c(c1NC(=O)CCC1CCCCC1)CSC2)NCCc1ccccc1. The van der Waals surface area contributed by atoms with Gasteiger partial charge in [-0.15, -0.1) is 0 Å². The maximum absolute atomic E-state index is 12.7. The number of hydrogen-bond donors (Lipinski definition) is 2. The fourth-order valence-corrected chi connectivity index (χ4v) is 5.54. The van der Waals surface area contributed by atoms with E-state index in [1.807, 2.05) is 18.2 Å². The lowest BCUT2D eigenvalue weighted by Gasteiger charge is -2.21. The predicted octanol–water partition coefficient (Wildman–Crippen LogP) is 4.29. The molecular weight excluding hydrogens is 408 g/mol. The molecule has 2 heterocycles. The summed E-state index contributed by atoms with van der Waals surface area (Å²) in [4.78, 5) is 25.2. The van der Waals surface area contributed by atoms with Crippen molar-refractivity contribution in [3.63, 3.8) is 0 Å². The third kappa shape index (κ3) is 6.12. The largest absolute Gasteiger partial charge is 0.354 e. The van der Waals surface area contributed by atoms with Crippen LogP contribution in [0.1, 0.15) is 61.8 Å². The van der Waals surface area contributed by atoms with Gasteiger partial charge in [0.05, 0.1) is 5.69 Å². The number of amides is 2. The molecule has 0 bridgehead atoms. The predicted molar refractivity (Wildman–Crippen MR) is 125 cm³/mol. The molecule has 1 aromatic carbocycles. The van der Waals surface area contributed by atoms with Gasteiger partial charge in [0, 0.05) is 30.0 Å². The molecule has 31 heavy (non-hydrogen) atoms. The average molecular weight is 441 g/mol. The van der Waals surface area contributed by atoms with Gasteiger partial charge in [-0.25, -0.2) is 4.68 Å². The molecule has 2 aliphatic rings. The number of aromatic nitrogens is 2. The van der Waals surface area contributed by atoms with Gasteiger partial charge < -0.3 is 10.6 Å². The minimum atomic E-state index is -0.0811. The van der Waals surface area contributed by atoms with E-state index in [0.29, 0.717) is 24.7 Å². The maximum atomic E-state index is 12.7. The van der Waals surface area contributed by atoms with E-state index in [0.717, 1.165) is 35.6 Å². The summed E-state index contributed by atoms with van der Waals surface area (Å²) in [6.45, 7) is 0.716. The summed E-state index contributed by atoms with van der Waals surface area (Å²) in [7, 11) is 0. The molecule has 4 rings (SSSR count). The van der Waals surface area contributed by atoms with E-state index >= 15 is 0 Å². The molecule has 0 radical (unpaired) electrons. The van der Waals surface area contributed by atoms with Crippen LogP contribution >= 0.6 is 11.8 Å². The van der Waals surface area contributed by atoms with E-state index in [4.69, 9.17) is 0 Å². The number of fused-ring (bicyclic) bond motifs is 1. The van der Waals surface area contributed by atoms with Gasteiger partial charge in [-0.05, 0) is 24.3 Å². The Hall–Kier alpha value is -2.28. The minimum absolute atomic E-state index is 0.0379. The topological polar surface area (TPSA) is 76.0 Å². The minimum Gasteiger partial charge on any atom is -0.354 e. The molecule has 0 atom stereocenters. The lowest BCUT2D eigenvalue weighted by atomic mass is 9.86. The molecule has 1 saturated carbocycles. The van der Waals surface area contributed by atoms with Crippen molar-refractivity contribution in [3.05, 3.63) is 47.2 Å². The molecular formula is C24H32N4O2S. The third-order valence-corrected chi connectivity index (χ3v) is 7.22. The lowest BCUT2D eigenvalue weighted by molar-refractivity contribution is -0.122. The highest BCUT2D eigenvalue weighted by molar-refractivity contribution is 7.98. The summed E-state index contributed by atoms with van der Waals surface area (Å²) in [5.74, 6) is 3.03. The van der Waals surface area contributed by atoms with Crippen LogP contribution in [0.2, 0.25) is 0 Å². The van der Waals surface area contributed by atoms with Crippen molar-refractivity contribution in [2.24, 2.45) is 5.92 Å². The first-order valence-electron chi connectivity index (χ1n) is 11.5. The summed E-state index contributed by atoms with van der Waals surface area (Å²) < 4.78 is 1.68. The number of carbonyl (C=O) groups is 2. The number of nitrogens with zero attached hydrogens (tertiary/aromatic N) is 2. The maximum Gasteiger partial charge on any atom is 0.241 e. The van der Waals surface area contributed by atoms with Gasteiger partial charge in [0.15, 0.2) is 0 Å². The molecule has 1 fully saturated rings. The molecule has 1 aliphatic heterocycles. The first-order valence-corrected chi connectivity index (χ1v) is 12.6. The molecule has 166 valence electrons. The van der Waals surface area contributed by atoms with Gasteiger partial charge in [-0.3, -0.25) is 9.59 Å². The Bertz CT molecular complexity index is 890. The summed E-state index contributed by atoms with van der Waals surface area (Å²) in [5.41, 5.74) is 3.27. The van der Waals surface area contributed by atoms with Crippen molar-refractivity contribution >= 4 is 29.4 Å². The smallest absolute Gasteiger partial charge is 0.241 e. The summed E-state index contributed by atoms with van der Waals surface area (Å²) in [6.07, 6.45) is 8.72. The highest BCUT2D eigenvalue weighted by atomic mass is 32.2. The molecule has 1 aliphatic carbocycles. The number of benzene rings is 1. The van der Waals surface area contributed by atoms with Crippen molar-refractivity contribution in [2.45, 2.75) is 69.4 Å². The molecule has 6 nitrogen and oxygen atoms in total. The summed E-state index contributed by atoms with van der Waals surface area (Å²) in [6, 6.07) is 10.1. The summed E-state index contributed by atoms with van der Waals surface area (Å²) >= 11 is 1.80. The fraction of sp³-hybridized carbons (Fsp3) is 0.542. The normalized spacial score (nSPS) is 16.1. The van der Waals surface area contributed by atoms with Crippen LogP contribution in [-0.4, -0.2) is 28.1 Å². The van der Waals surface area contributed by atoms with Gasteiger partial charge >= 0.3 is 0 Å². The second-order valence-electron chi connectivity index (χ2n) is 8.60. The van der Waals surface area contributed by atoms with Crippen LogP contribution in [0.25, 0.3) is 0 Å². The number of hydrogen-bond acceptors (Lipinski definition) is 4. The molecule has 0 saturated heterocycles. The molecule has 2 aromatic rings. The van der Waals surface area contributed by atoms with E-state index in [9.17, 15) is 9.59 Å². The van der Waals surface area contributed by atoms with Crippen LogP contribution < -0.4 is 10.6 Å². The van der Waals surface area contributed by atoms with E-state index < -0.39 is 0 Å². The number of thioether (sulfide) groups is 1. The van der Waals surface area contributed by atoms with Crippen molar-refractivity contribution in [2.75, 3.05) is 11.9 Å². The molecule has 0 spiro atoms. The first kappa shape index (κ1) is 21.9. The summed E-state index contributed by atoms with van der Waals surface area (Å²) in [5, 5.41) is 10.7. The standard InChI is InChI=1S/C24H32N4O2S/c29-22(12-11-18-7-3-1-4-8-18)26-24-20-16-31-17-21(20)27-28(24)15-23(30)25-14-13-19-9-5-2-6-10-19/h2,5-6,9-10,18H,1,3-4,7-8,11-17H2,(H,25,30)(H,26,29). The van der Waals surface area contributed by atoms with Crippen molar-refractivity contribution in [1.82, 2.24) is 15.1 Å². The zero-order chi connectivity index (χ0) is 21.5. The average Bonchev–Trinajstić information content (AvgIpc) is 3.36. The zero-order valence-electron chi connectivity index (χ0n) is 18.1. The van der Waals surface area contributed by atoms with Crippen LogP contribution in [0.3, 0.4) is 0 Å². The van der Waals surface area contributed by atoms with E-state index in [2.05, 4.69) is 27.9 Å². The number of carbonyl (C=O) groups excluding carboxylic acids is 2. The highest BCUT2D eigenvalue weighted by Crippen LogP contribution is 2.35.